The van der Waals surface area contributed by atoms with E-state index in [9.17, 15) is 18.8 Å². The van der Waals surface area contributed by atoms with Crippen LogP contribution in [0.4, 0.5) is 9.18 Å². The molecule has 0 atom stereocenters. The van der Waals surface area contributed by atoms with Gasteiger partial charge in [-0.15, -0.1) is 0 Å². The van der Waals surface area contributed by atoms with Gasteiger partial charge in [0.1, 0.15) is 5.82 Å². The molecule has 2 aromatic carbocycles. The molecule has 3 rings (SSSR count). The van der Waals surface area contributed by atoms with Gasteiger partial charge in [-0.05, 0) is 53.2 Å². The first kappa shape index (κ1) is 24.1. The van der Waals surface area contributed by atoms with Crippen LogP contribution in [0.15, 0.2) is 39.7 Å². The first-order valence-corrected chi connectivity index (χ1v) is 11.0. The highest BCUT2D eigenvalue weighted by molar-refractivity contribution is 9.10. The molecule has 0 saturated carbocycles. The van der Waals surface area contributed by atoms with Crippen molar-refractivity contribution < 1.29 is 33.0 Å². The minimum absolute atomic E-state index is 0.0775. The van der Waals surface area contributed by atoms with Gasteiger partial charge in [-0.2, -0.15) is 0 Å². The molecular weight excluding hydrogens is 529 g/mol. The van der Waals surface area contributed by atoms with Gasteiger partial charge in [0.25, 0.3) is 11.1 Å². The summed E-state index contributed by atoms with van der Waals surface area (Å²) < 4.78 is 29.1. The third-order valence-corrected chi connectivity index (χ3v) is 6.31. The summed E-state index contributed by atoms with van der Waals surface area (Å²) in [6, 6.07) is 6.94. The zero-order valence-electron chi connectivity index (χ0n) is 16.8. The zero-order chi connectivity index (χ0) is 23.4. The highest BCUT2D eigenvalue weighted by atomic mass is 79.9. The first-order valence-electron chi connectivity index (χ1n) is 9.00. The van der Waals surface area contributed by atoms with Crippen molar-refractivity contribution in [3.8, 4) is 11.5 Å². The van der Waals surface area contributed by atoms with E-state index in [0.29, 0.717) is 27.1 Å². The van der Waals surface area contributed by atoms with Crippen LogP contribution >= 0.6 is 39.3 Å². The molecule has 168 valence electrons. The van der Waals surface area contributed by atoms with Gasteiger partial charge in [0.15, 0.2) is 18.1 Å². The van der Waals surface area contributed by atoms with Crippen molar-refractivity contribution in [3.63, 3.8) is 0 Å². The molecule has 2 amide bonds. The van der Waals surface area contributed by atoms with E-state index in [1.807, 2.05) is 0 Å². The van der Waals surface area contributed by atoms with Crippen molar-refractivity contribution >= 4 is 62.5 Å². The fraction of sp³-hybridized carbons (Fsp3) is 0.190. The third kappa shape index (κ3) is 5.43. The second-order valence-corrected chi connectivity index (χ2v) is 8.65. The predicted molar refractivity (Wildman–Crippen MR) is 121 cm³/mol. The smallest absolute Gasteiger partial charge is 0.343 e. The molecule has 1 fully saturated rings. The molecule has 1 aliphatic heterocycles. The van der Waals surface area contributed by atoms with Crippen molar-refractivity contribution in [2.45, 2.75) is 6.54 Å². The average Bonchev–Trinajstić information content (AvgIpc) is 3.02. The number of esters is 1. The largest absolute Gasteiger partial charge is 0.493 e. The van der Waals surface area contributed by atoms with E-state index in [0.717, 1.165) is 22.7 Å². The normalized spacial score (nSPS) is 14.8. The van der Waals surface area contributed by atoms with Crippen molar-refractivity contribution in [2.24, 2.45) is 0 Å². The van der Waals surface area contributed by atoms with E-state index in [1.54, 1.807) is 12.1 Å². The minimum Gasteiger partial charge on any atom is -0.493 e. The van der Waals surface area contributed by atoms with Gasteiger partial charge in [-0.25, -0.2) is 9.18 Å². The summed E-state index contributed by atoms with van der Waals surface area (Å²) in [7, 11) is 2.68. The van der Waals surface area contributed by atoms with Crippen LogP contribution in [0.1, 0.15) is 11.1 Å². The summed E-state index contributed by atoms with van der Waals surface area (Å²) in [6.45, 7) is -0.380. The molecule has 7 nitrogen and oxygen atoms in total. The maximum Gasteiger partial charge on any atom is 0.343 e. The van der Waals surface area contributed by atoms with Crippen molar-refractivity contribution in [3.05, 3.63) is 61.7 Å². The summed E-state index contributed by atoms with van der Waals surface area (Å²) in [4.78, 5) is 37.8. The van der Waals surface area contributed by atoms with Crippen LogP contribution in [-0.2, 0) is 20.9 Å². The highest BCUT2D eigenvalue weighted by Crippen LogP contribution is 2.38. The Balaban J connectivity index is 1.84. The van der Waals surface area contributed by atoms with Crippen LogP contribution in [0, 0.1) is 5.82 Å². The van der Waals surface area contributed by atoms with Gasteiger partial charge in [0, 0.05) is 9.50 Å². The zero-order valence-corrected chi connectivity index (χ0v) is 20.0. The number of rotatable bonds is 7. The average molecular weight is 545 g/mol. The fourth-order valence-corrected chi connectivity index (χ4v) is 4.22. The number of halogens is 3. The van der Waals surface area contributed by atoms with Gasteiger partial charge in [0.2, 0.25) is 0 Å². The van der Waals surface area contributed by atoms with E-state index >= 15 is 0 Å². The van der Waals surface area contributed by atoms with Crippen LogP contribution in [-0.4, -0.2) is 42.8 Å². The van der Waals surface area contributed by atoms with Gasteiger partial charge in [-0.1, -0.05) is 33.6 Å². The SMILES string of the molecule is COC(=O)COc1cc(Br)c(/C=C2/SC(=O)N(Cc3ccc(F)cc3Cl)C2=O)cc1OC. The lowest BCUT2D eigenvalue weighted by Gasteiger charge is -2.14. The standard InChI is InChI=1S/C21H16BrClFNO6S/c1-29-16-5-12(14(22)8-17(16)31-10-19(26)30-2)6-18-20(27)25(21(28)32-18)9-11-3-4-13(24)7-15(11)23/h3-8H,9-10H2,1-2H3/b18-6+. The number of ether oxygens (including phenoxy) is 3. The fourth-order valence-electron chi connectivity index (χ4n) is 2.73. The Labute approximate surface area is 200 Å². The third-order valence-electron chi connectivity index (χ3n) is 4.36. The topological polar surface area (TPSA) is 82.1 Å². The molecule has 0 aromatic heterocycles. The van der Waals surface area contributed by atoms with Crippen LogP contribution in [0.2, 0.25) is 5.02 Å². The molecule has 2 aromatic rings. The van der Waals surface area contributed by atoms with Gasteiger partial charge in [-0.3, -0.25) is 14.5 Å². The van der Waals surface area contributed by atoms with Crippen LogP contribution in [0.3, 0.4) is 0 Å². The number of benzene rings is 2. The molecule has 1 saturated heterocycles. The summed E-state index contributed by atoms with van der Waals surface area (Å²) in [5, 5.41) is -0.342. The number of methoxy groups -OCH3 is 2. The van der Waals surface area contributed by atoms with Crippen LogP contribution in [0.25, 0.3) is 6.08 Å². The van der Waals surface area contributed by atoms with E-state index < -0.39 is 22.9 Å². The molecule has 32 heavy (non-hydrogen) atoms. The summed E-state index contributed by atoms with van der Waals surface area (Å²) in [6.07, 6.45) is 1.54. The molecule has 1 heterocycles. The Morgan fingerprint density at radius 1 is 1.22 bits per heavy atom. The Bertz CT molecular complexity index is 1130. The summed E-state index contributed by atoms with van der Waals surface area (Å²) >= 11 is 10.2. The lowest BCUT2D eigenvalue weighted by atomic mass is 10.1. The predicted octanol–water partition coefficient (Wildman–Crippen LogP) is 5.04. The Morgan fingerprint density at radius 3 is 2.62 bits per heavy atom. The molecule has 0 unspecified atom stereocenters. The van der Waals surface area contributed by atoms with Gasteiger partial charge in [0.05, 0.1) is 25.7 Å². The van der Waals surface area contributed by atoms with Crippen molar-refractivity contribution in [1.82, 2.24) is 4.90 Å². The molecule has 11 heteroatoms. The van der Waals surface area contributed by atoms with Crippen LogP contribution < -0.4 is 9.47 Å². The first-order chi connectivity index (χ1) is 15.2. The summed E-state index contributed by atoms with van der Waals surface area (Å²) in [5.74, 6) is -0.952. The van der Waals surface area contributed by atoms with E-state index in [-0.39, 0.29) is 23.1 Å². The monoisotopic (exact) mass is 543 g/mol. The molecule has 0 N–H and O–H groups in total. The van der Waals surface area contributed by atoms with Crippen LogP contribution in [0.5, 0.6) is 11.5 Å². The van der Waals surface area contributed by atoms with Crippen molar-refractivity contribution in [2.75, 3.05) is 20.8 Å². The van der Waals surface area contributed by atoms with E-state index in [2.05, 4.69) is 20.7 Å². The molecule has 0 aliphatic carbocycles. The molecule has 0 bridgehead atoms. The lowest BCUT2D eigenvalue weighted by molar-refractivity contribution is -0.142. The number of imide groups is 1. The number of carbonyl (C=O) groups excluding carboxylic acids is 3. The Kier molecular flexibility index (Phi) is 7.81. The van der Waals surface area contributed by atoms with Gasteiger partial charge >= 0.3 is 5.97 Å². The maximum absolute atomic E-state index is 13.3. The highest BCUT2D eigenvalue weighted by Gasteiger charge is 2.35. The molecule has 1 aliphatic rings. The number of nitrogens with zero attached hydrogens (tertiary/aromatic N) is 1. The number of thioether (sulfide) groups is 1. The molecule has 0 radical (unpaired) electrons. The molecule has 0 spiro atoms. The number of amides is 2. The second-order valence-electron chi connectivity index (χ2n) is 6.39. The lowest BCUT2D eigenvalue weighted by Crippen LogP contribution is -2.27. The quantitative estimate of drug-likeness (QED) is 0.357. The number of carbonyl (C=O) groups is 3. The second kappa shape index (κ2) is 10.4. The maximum atomic E-state index is 13.3. The number of hydrogen-bond acceptors (Lipinski definition) is 7. The van der Waals surface area contributed by atoms with Gasteiger partial charge < -0.3 is 14.2 Å². The Hall–Kier alpha value is -2.56. The van der Waals surface area contributed by atoms with E-state index in [1.165, 1.54) is 32.4 Å². The minimum atomic E-state index is -0.554. The molecular formula is C21H16BrClFNO6S. The summed E-state index contributed by atoms with van der Waals surface area (Å²) in [5.41, 5.74) is 1.00. The van der Waals surface area contributed by atoms with Crippen molar-refractivity contribution in [1.29, 1.82) is 0 Å². The van der Waals surface area contributed by atoms with E-state index in [4.69, 9.17) is 21.1 Å². The number of hydrogen-bond donors (Lipinski definition) is 0. The Morgan fingerprint density at radius 2 is 1.97 bits per heavy atom.